The SMILES string of the molecule is Cc1cc(N)nc(-c2c(Cl)cc3c(C(C)C)nc(OCC4CCC(c5ccc(Cl)c6c(N7CCc8c(C)nc(OCC9%10CCCN9CCC%10)nc8C7)cccc56)N4C)nc3c2F)c1C(F)(F)F. The lowest BCUT2D eigenvalue weighted by molar-refractivity contribution is -0.137. The Morgan fingerprint density at radius 1 is 0.896 bits per heavy atom. The number of nitrogens with zero attached hydrogens (tertiary/aromatic N) is 8. The van der Waals surface area contributed by atoms with E-state index in [9.17, 15) is 13.2 Å². The topological polar surface area (TPSA) is 119 Å². The van der Waals surface area contributed by atoms with Crippen molar-refractivity contribution in [2.45, 2.75) is 109 Å². The zero-order chi connectivity index (χ0) is 47.1. The number of ether oxygens (including phenoxy) is 2. The van der Waals surface area contributed by atoms with Crippen LogP contribution < -0.4 is 20.1 Å². The minimum absolute atomic E-state index is 0.0268. The number of aryl methyl sites for hydroxylation is 2. The molecule has 0 spiro atoms. The lowest BCUT2D eigenvalue weighted by Crippen LogP contribution is -2.43. The Kier molecular flexibility index (Phi) is 11.9. The number of fused-ring (bicyclic) bond motifs is 4. The lowest BCUT2D eigenvalue weighted by Gasteiger charge is -2.33. The quantitative estimate of drug-likeness (QED) is 0.132. The van der Waals surface area contributed by atoms with Gasteiger partial charge in [-0.2, -0.15) is 28.1 Å². The number of hydrogen-bond donors (Lipinski definition) is 1. The van der Waals surface area contributed by atoms with Gasteiger partial charge in [0.1, 0.15) is 24.5 Å². The fourth-order valence-electron chi connectivity index (χ4n) is 11.4. The molecule has 3 saturated heterocycles. The molecule has 11 nitrogen and oxygen atoms in total. The first-order chi connectivity index (χ1) is 32.0. The number of hydrogen-bond acceptors (Lipinski definition) is 11. The summed E-state index contributed by atoms with van der Waals surface area (Å²) in [7, 11) is 2.06. The van der Waals surface area contributed by atoms with E-state index >= 15 is 4.39 Å². The van der Waals surface area contributed by atoms with E-state index < -0.39 is 28.8 Å². The van der Waals surface area contributed by atoms with Gasteiger partial charge < -0.3 is 20.1 Å². The molecule has 0 aliphatic carbocycles. The first-order valence-electron chi connectivity index (χ1n) is 23.1. The number of rotatable bonds is 10. The summed E-state index contributed by atoms with van der Waals surface area (Å²) in [6, 6.07) is 13.2. The van der Waals surface area contributed by atoms with Crippen LogP contribution in [0.1, 0.15) is 104 Å². The van der Waals surface area contributed by atoms with E-state index in [1.165, 1.54) is 31.4 Å². The molecule has 0 bridgehead atoms. The fourth-order valence-corrected chi connectivity index (χ4v) is 11.9. The first-order valence-corrected chi connectivity index (χ1v) is 23.9. The van der Waals surface area contributed by atoms with Gasteiger partial charge in [0.2, 0.25) is 0 Å². The minimum atomic E-state index is -4.86. The zero-order valence-corrected chi connectivity index (χ0v) is 39.7. The smallest absolute Gasteiger partial charge is 0.418 e. The minimum Gasteiger partial charge on any atom is -0.462 e. The zero-order valence-electron chi connectivity index (χ0n) is 38.2. The van der Waals surface area contributed by atoms with Crippen LogP contribution in [0, 0.1) is 19.7 Å². The number of halogens is 6. The maximum absolute atomic E-state index is 16.7. The molecule has 3 aromatic carbocycles. The van der Waals surface area contributed by atoms with Gasteiger partial charge in [0.25, 0.3) is 0 Å². The van der Waals surface area contributed by atoms with Crippen molar-refractivity contribution in [1.82, 2.24) is 34.7 Å². The van der Waals surface area contributed by atoms with Gasteiger partial charge in [-0.05, 0) is 131 Å². The van der Waals surface area contributed by atoms with Gasteiger partial charge in [0.15, 0.2) is 5.82 Å². The van der Waals surface area contributed by atoms with E-state index in [-0.39, 0.29) is 63.5 Å². The number of nitrogens with two attached hydrogens (primary N) is 1. The summed E-state index contributed by atoms with van der Waals surface area (Å²) in [4.78, 5) is 30.1. The van der Waals surface area contributed by atoms with Crippen LogP contribution in [0.15, 0.2) is 42.5 Å². The first kappa shape index (κ1) is 45.7. The van der Waals surface area contributed by atoms with Gasteiger partial charge in [-0.3, -0.25) is 9.80 Å². The molecule has 67 heavy (non-hydrogen) atoms. The van der Waals surface area contributed by atoms with E-state index in [0.717, 1.165) is 91.2 Å². The third kappa shape index (κ3) is 8.16. The van der Waals surface area contributed by atoms with E-state index in [1.807, 2.05) is 19.9 Å². The van der Waals surface area contributed by atoms with Crippen molar-refractivity contribution in [1.29, 1.82) is 0 Å². The van der Waals surface area contributed by atoms with Crippen molar-refractivity contribution in [3.05, 3.63) is 97.7 Å². The number of likely N-dealkylation sites (N-methyl/N-ethyl adjacent to an activating group) is 1. The van der Waals surface area contributed by atoms with Crippen LogP contribution in [0.4, 0.5) is 29.1 Å². The predicted molar refractivity (Wildman–Crippen MR) is 254 cm³/mol. The average molecular weight is 959 g/mol. The molecule has 0 amide bonds. The normalized spacial score (nSPS) is 19.8. The standard InChI is InChI=1S/C50H53Cl2F4N9O2/c1-26(2)44-33-22-35(52)41(46-42(50(54,55)56)27(3)21-39(57)60-46)43(53)45(33)62-48(61-44)66-24-29-11-14-37(63(29)5)31-12-13-34(51)40-32(31)9-6-10-38(40)64-20-15-30-28(4)58-47(59-36(30)23-64)67-25-49-16-7-18-65(49)19-8-17-49/h6,9-10,12-13,21-22,26,29,37H,7-8,11,14-20,23-25H2,1-5H3,(H2,57,60). The lowest BCUT2D eigenvalue weighted by atomic mass is 9.95. The van der Waals surface area contributed by atoms with Gasteiger partial charge >= 0.3 is 18.2 Å². The molecule has 3 aromatic heterocycles. The molecule has 4 aliphatic rings. The monoisotopic (exact) mass is 957 g/mol. The van der Waals surface area contributed by atoms with Crippen molar-refractivity contribution in [2.75, 3.05) is 50.5 Å². The van der Waals surface area contributed by atoms with Crippen molar-refractivity contribution in [3.63, 3.8) is 0 Å². The Hall–Kier alpha value is -5.09. The number of likely N-dealkylation sites (tertiary alicyclic amines) is 1. The molecule has 3 fully saturated rings. The molecule has 17 heteroatoms. The van der Waals surface area contributed by atoms with Crippen LogP contribution in [0.25, 0.3) is 32.9 Å². The number of alkyl halides is 3. The van der Waals surface area contributed by atoms with E-state index in [4.69, 9.17) is 48.4 Å². The number of anilines is 2. The Bertz CT molecular complexity index is 2930. The summed E-state index contributed by atoms with van der Waals surface area (Å²) in [6.45, 7) is 11.5. The number of pyridine rings is 1. The van der Waals surface area contributed by atoms with Crippen LogP contribution in [0.5, 0.6) is 12.0 Å². The van der Waals surface area contributed by atoms with Crippen LogP contribution in [-0.2, 0) is 19.1 Å². The Labute approximate surface area is 397 Å². The second-order valence-electron chi connectivity index (χ2n) is 19.0. The highest BCUT2D eigenvalue weighted by Gasteiger charge is 2.45. The maximum Gasteiger partial charge on any atom is 0.418 e. The second-order valence-corrected chi connectivity index (χ2v) is 19.8. The van der Waals surface area contributed by atoms with Gasteiger partial charge in [-0.25, -0.2) is 14.4 Å². The molecular weight excluding hydrogens is 906 g/mol. The fraction of sp³-hybridized carbons (Fsp3) is 0.460. The average Bonchev–Trinajstić information content (AvgIpc) is 3.98. The van der Waals surface area contributed by atoms with Crippen molar-refractivity contribution >= 4 is 56.4 Å². The molecule has 0 saturated carbocycles. The van der Waals surface area contributed by atoms with Gasteiger partial charge in [0.05, 0.1) is 50.3 Å². The van der Waals surface area contributed by atoms with Gasteiger partial charge in [0, 0.05) is 40.8 Å². The summed E-state index contributed by atoms with van der Waals surface area (Å²) in [5.74, 6) is -1.51. The van der Waals surface area contributed by atoms with Crippen molar-refractivity contribution in [3.8, 4) is 23.3 Å². The number of benzene rings is 3. The molecule has 2 unspecified atom stereocenters. The molecule has 2 atom stereocenters. The van der Waals surface area contributed by atoms with Crippen LogP contribution in [-0.4, -0.2) is 86.2 Å². The molecule has 352 valence electrons. The van der Waals surface area contributed by atoms with Gasteiger partial charge in [-0.15, -0.1) is 0 Å². The Morgan fingerprint density at radius 3 is 2.40 bits per heavy atom. The number of nitrogen functional groups attached to an aromatic ring is 1. The highest BCUT2D eigenvalue weighted by Crippen LogP contribution is 2.46. The van der Waals surface area contributed by atoms with Crippen LogP contribution >= 0.6 is 23.2 Å². The van der Waals surface area contributed by atoms with Crippen LogP contribution in [0.2, 0.25) is 10.0 Å². The Balaban J connectivity index is 0.896. The second kappa shape index (κ2) is 17.5. The summed E-state index contributed by atoms with van der Waals surface area (Å²) < 4.78 is 72.5. The van der Waals surface area contributed by atoms with Crippen molar-refractivity contribution < 1.29 is 27.0 Å². The molecular formula is C50H53Cl2F4N9O2. The molecule has 6 aromatic rings. The summed E-state index contributed by atoms with van der Waals surface area (Å²) in [6.07, 6.45) is 2.30. The van der Waals surface area contributed by atoms with Crippen molar-refractivity contribution in [2.24, 2.45) is 0 Å². The highest BCUT2D eigenvalue weighted by atomic mass is 35.5. The number of aromatic nitrogens is 5. The highest BCUT2D eigenvalue weighted by molar-refractivity contribution is 6.37. The molecule has 2 N–H and O–H groups in total. The third-order valence-electron chi connectivity index (χ3n) is 14.7. The van der Waals surface area contributed by atoms with Crippen LogP contribution in [0.3, 0.4) is 0 Å². The summed E-state index contributed by atoms with van der Waals surface area (Å²) in [5.41, 5.74) is 8.93. The molecule has 0 radical (unpaired) electrons. The molecule has 4 aliphatic heterocycles. The van der Waals surface area contributed by atoms with Gasteiger partial charge in [-0.1, -0.05) is 55.2 Å². The molecule has 7 heterocycles. The maximum atomic E-state index is 16.7. The van der Waals surface area contributed by atoms with E-state index in [1.54, 1.807) is 0 Å². The predicted octanol–water partition coefficient (Wildman–Crippen LogP) is 11.2. The molecule has 10 rings (SSSR count). The third-order valence-corrected chi connectivity index (χ3v) is 15.3. The summed E-state index contributed by atoms with van der Waals surface area (Å²) in [5, 5.41) is 2.72. The Morgan fingerprint density at radius 2 is 1.66 bits per heavy atom. The van der Waals surface area contributed by atoms with E-state index in [2.05, 4.69) is 67.9 Å². The summed E-state index contributed by atoms with van der Waals surface area (Å²) >= 11 is 13.7. The van der Waals surface area contributed by atoms with E-state index in [0.29, 0.717) is 29.9 Å². The largest absolute Gasteiger partial charge is 0.462 e.